The van der Waals surface area contributed by atoms with Crippen LogP contribution in [0.4, 0.5) is 17.5 Å². The molecule has 3 fully saturated rings. The van der Waals surface area contributed by atoms with Crippen molar-refractivity contribution < 1.29 is 53.6 Å². The first-order chi connectivity index (χ1) is 69.6. The summed E-state index contributed by atoms with van der Waals surface area (Å²) in [6.45, 7) is 15.8. The van der Waals surface area contributed by atoms with Crippen LogP contribution in [0.5, 0.6) is 34.5 Å². The SMILES string of the molecule is CNCC(O)COc1cc(OC)cc(-c2cc(-c3cnc4[nH]ccc4c3)n3ncc(C(C)C)c3n2)c1.CNCC(O)COc1cc(OC)cc(-c2cc(N(C)C3CCOCC3)n3ncc(C(C)C)c3n2)c1.CNCC(O)COc1cccc(-c2nc(NCc3cn4cccc(C)c4n3)c3cnn(C4CC4)c3n2)c1.CNCC(O)COc1cccc(-c2nc(NCc3cn4ccsc4n3)c3cnn(C4CC4)c3n2)c1. The monoisotopic (exact) mass is 1960 g/mol. The molecule has 38 nitrogen and oxygen atoms in total. The number of aliphatic hydroxyl groups excluding tert-OH is 4. The summed E-state index contributed by atoms with van der Waals surface area (Å²) in [7, 11) is 12.5. The van der Waals surface area contributed by atoms with Crippen molar-refractivity contribution in [3.05, 3.63) is 217 Å². The molecule has 15 heterocycles. The van der Waals surface area contributed by atoms with E-state index in [4.69, 9.17) is 73.1 Å². The minimum Gasteiger partial charge on any atom is -0.497 e. The maximum atomic E-state index is 10.1. The summed E-state index contributed by atoms with van der Waals surface area (Å²) >= 11 is 1.61. The van der Waals surface area contributed by atoms with Gasteiger partial charge in [0.05, 0.1) is 103 Å². The number of ether oxygens (including phenoxy) is 7. The van der Waals surface area contributed by atoms with Gasteiger partial charge in [0.2, 0.25) is 0 Å². The molecule has 3 aliphatic rings. The number of H-pyrrole nitrogens is 1. The third-order valence-electron chi connectivity index (χ3n) is 25.0. The van der Waals surface area contributed by atoms with Crippen molar-refractivity contribution in [1.82, 2.24) is 119 Å². The second kappa shape index (κ2) is 45.3. The van der Waals surface area contributed by atoms with E-state index >= 15 is 0 Å². The van der Waals surface area contributed by atoms with E-state index in [1.54, 1.807) is 59.8 Å². The van der Waals surface area contributed by atoms with Gasteiger partial charge in [0, 0.05) is 158 Å². The average molecular weight is 1960 g/mol. The van der Waals surface area contributed by atoms with Gasteiger partial charge in [0.25, 0.3) is 0 Å². The number of hydrogen-bond donors (Lipinski definition) is 11. The Balaban J connectivity index is 0.000000126. The normalized spacial score (nSPS) is 14.2. The number of thiazole rings is 1. The van der Waals surface area contributed by atoms with Gasteiger partial charge in [-0.25, -0.2) is 58.7 Å². The van der Waals surface area contributed by atoms with Crippen molar-refractivity contribution >= 4 is 83.8 Å². The van der Waals surface area contributed by atoms with Crippen LogP contribution in [0, 0.1) is 6.92 Å². The van der Waals surface area contributed by atoms with Crippen molar-refractivity contribution in [2.75, 3.05) is 131 Å². The van der Waals surface area contributed by atoms with Crippen molar-refractivity contribution in [2.45, 2.75) is 141 Å². The maximum absolute atomic E-state index is 10.1. The summed E-state index contributed by atoms with van der Waals surface area (Å²) in [5.74, 6) is 7.98. The minimum atomic E-state index is -0.623. The Hall–Kier alpha value is -14.4. The molecule has 1 aliphatic heterocycles. The molecule has 0 bridgehead atoms. The number of methoxy groups -OCH3 is 2. The molecular formula is C104H123N27O11S. The van der Waals surface area contributed by atoms with E-state index in [2.05, 4.69) is 127 Å². The fourth-order valence-corrected chi connectivity index (χ4v) is 17.9. The predicted molar refractivity (Wildman–Crippen MR) is 553 cm³/mol. The summed E-state index contributed by atoms with van der Waals surface area (Å²) in [5.41, 5.74) is 17.0. The van der Waals surface area contributed by atoms with Gasteiger partial charge in [0.15, 0.2) is 39.2 Å². The Morgan fingerprint density at radius 1 is 0.476 bits per heavy atom. The van der Waals surface area contributed by atoms with Gasteiger partial charge >= 0.3 is 0 Å². The maximum Gasteiger partial charge on any atom is 0.193 e. The van der Waals surface area contributed by atoms with Crippen LogP contribution in [0.25, 0.3) is 112 Å². The number of aliphatic hydroxyl groups is 4. The fraction of sp³-hybridized carbons (Fsp3) is 0.375. The van der Waals surface area contributed by atoms with Crippen LogP contribution in [0.3, 0.4) is 0 Å². The number of anilines is 3. The highest BCUT2D eigenvalue weighted by Crippen LogP contribution is 2.42. The van der Waals surface area contributed by atoms with Crippen LogP contribution >= 0.6 is 11.3 Å². The highest BCUT2D eigenvalue weighted by molar-refractivity contribution is 7.15. The smallest absolute Gasteiger partial charge is 0.193 e. The lowest BCUT2D eigenvalue weighted by Gasteiger charge is -2.33. The molecule has 4 unspecified atom stereocenters. The Kier molecular flexibility index (Phi) is 31.3. The summed E-state index contributed by atoms with van der Waals surface area (Å²) < 4.78 is 52.0. The van der Waals surface area contributed by atoms with Crippen molar-refractivity contribution in [1.29, 1.82) is 0 Å². The molecule has 4 aromatic carbocycles. The first-order valence-electron chi connectivity index (χ1n) is 48.4. The van der Waals surface area contributed by atoms with Crippen LogP contribution in [0.15, 0.2) is 189 Å². The van der Waals surface area contributed by atoms with E-state index < -0.39 is 24.4 Å². The zero-order valence-corrected chi connectivity index (χ0v) is 83.1. The Morgan fingerprint density at radius 2 is 0.972 bits per heavy atom. The number of imidazole rings is 2. The van der Waals surface area contributed by atoms with E-state index in [9.17, 15) is 20.4 Å². The van der Waals surface area contributed by atoms with Crippen molar-refractivity contribution in [3.63, 3.8) is 0 Å². The topological polar surface area (TPSA) is 432 Å². The van der Waals surface area contributed by atoms with Crippen LogP contribution in [-0.4, -0.2) is 264 Å². The zero-order valence-electron chi connectivity index (χ0n) is 82.3. The first-order valence-corrected chi connectivity index (χ1v) is 49.3. The molecule has 143 heavy (non-hydrogen) atoms. The molecule has 0 amide bonds. The number of fused-ring (bicyclic) bond motifs is 7. The number of aryl methyl sites for hydroxylation is 1. The highest BCUT2D eigenvalue weighted by Gasteiger charge is 2.32. The van der Waals surface area contributed by atoms with Gasteiger partial charge in [-0.3, -0.25) is 4.40 Å². The molecule has 21 rings (SSSR count). The lowest BCUT2D eigenvalue weighted by atomic mass is 10.1. The summed E-state index contributed by atoms with van der Waals surface area (Å²) in [6, 6.07) is 40.1. The highest BCUT2D eigenvalue weighted by atomic mass is 32.1. The van der Waals surface area contributed by atoms with Crippen LogP contribution in [0.1, 0.15) is 118 Å². The van der Waals surface area contributed by atoms with Gasteiger partial charge in [-0.1, -0.05) is 58.0 Å². The third-order valence-corrected chi connectivity index (χ3v) is 25.8. The molecule has 0 spiro atoms. The van der Waals surface area contributed by atoms with Gasteiger partial charge in [0.1, 0.15) is 114 Å². The molecule has 14 aromatic heterocycles. The van der Waals surface area contributed by atoms with Crippen LogP contribution in [0.2, 0.25) is 0 Å². The number of benzene rings is 4. The number of nitrogens with one attached hydrogen (secondary N) is 7. The Morgan fingerprint density at radius 3 is 1.48 bits per heavy atom. The lowest BCUT2D eigenvalue weighted by molar-refractivity contribution is 0.0853. The predicted octanol–water partition coefficient (Wildman–Crippen LogP) is 13.6. The van der Waals surface area contributed by atoms with E-state index in [-0.39, 0.29) is 38.3 Å². The van der Waals surface area contributed by atoms with Gasteiger partial charge in [-0.15, -0.1) is 11.3 Å². The molecule has 39 heteroatoms. The number of aromatic nitrogens is 20. The van der Waals surface area contributed by atoms with Crippen LogP contribution in [-0.2, 0) is 17.8 Å². The van der Waals surface area contributed by atoms with Crippen molar-refractivity contribution in [2.24, 2.45) is 0 Å². The fourth-order valence-electron chi connectivity index (χ4n) is 17.1. The third kappa shape index (κ3) is 23.5. The molecule has 2 aliphatic carbocycles. The quantitative estimate of drug-likeness (QED) is 0.0170. The van der Waals surface area contributed by atoms with Crippen molar-refractivity contribution in [3.8, 4) is 91.0 Å². The largest absolute Gasteiger partial charge is 0.497 e. The second-order valence-electron chi connectivity index (χ2n) is 36.6. The van der Waals surface area contributed by atoms with Crippen LogP contribution < -0.4 is 65.2 Å². The minimum absolute atomic E-state index is 0.160. The lowest BCUT2D eigenvalue weighted by Crippen LogP contribution is -2.37. The van der Waals surface area contributed by atoms with E-state index in [1.165, 1.54) is 0 Å². The number of pyridine rings is 2. The Bertz CT molecular complexity index is 7350. The summed E-state index contributed by atoms with van der Waals surface area (Å²) in [6.07, 6.45) is 23.3. The molecule has 746 valence electrons. The molecule has 18 aromatic rings. The first kappa shape index (κ1) is 98.8. The second-order valence-corrected chi connectivity index (χ2v) is 37.5. The number of rotatable bonds is 39. The summed E-state index contributed by atoms with van der Waals surface area (Å²) in [4.78, 5) is 50.0. The van der Waals surface area contributed by atoms with E-state index in [1.807, 2.05) is 192 Å². The number of hydrogen-bond acceptors (Lipinski definition) is 32. The molecular weight excluding hydrogens is 1840 g/mol. The van der Waals surface area contributed by atoms with E-state index in [0.29, 0.717) is 104 Å². The number of likely N-dealkylation sites (N-methyl/N-ethyl adjacent to an activating group) is 4. The standard InChI is InChI=1S/C27H30N8O2.C27H30N6O3.C26H37N5O4.C24H26N8O2S/c1-17-5-4-10-34-15-19(31-26(17)34)12-29-25-23-14-30-35(20-8-9-20)27(23)33-24(32-25)18-6-3-7-22(11-18)37-16-21(36)13-28-2;1-16(2)23-14-31-33-25(19-7-17-5-6-29-26(17)30-12-19)11-24(32-27(23)33)18-8-21(35-4)10-22(9-18)36-15-20(34)13-28-3;1-17(2)23-15-28-31-25(30(4)19-6-8-34-9-7-19)13-24(29-26(23)31)18-10-21(33-5)12-22(11-18)35-16-20(32)14-27-3;1-25-11-18(33)14-34-19-4-2-3-15(9-19)21-29-22(20-12-27-32(17-5-6-17)23(20)30-21)26-10-16-13-31-7-8-35-24(31)28-16/h3-7,10-11,14-15,20-21,28,36H,8-9,12-13,16H2,1-2H3,(H,29,32,33);5-12,14,16,20,28,34H,13,15H2,1-4H3,(H,29,30);10-13,15,17,19-20,27,32H,6-9,14,16H2,1-5H3;2-4,7-9,12-13,17-18,25,33H,5-6,10-11,14H2,1H3,(H,26,29,30). The van der Waals surface area contributed by atoms with Gasteiger partial charge in [-0.2, -0.15) is 24.9 Å². The number of aromatic amines is 1. The molecule has 2 saturated carbocycles. The Labute approximate surface area is 830 Å². The number of nitrogens with zero attached hydrogens (tertiary/aromatic N) is 20. The van der Waals surface area contributed by atoms with E-state index in [0.717, 1.165) is 197 Å². The molecule has 11 N–H and O–H groups in total. The van der Waals surface area contributed by atoms with Gasteiger partial charge in [-0.05, 0) is 164 Å². The zero-order chi connectivity index (χ0) is 99.3. The molecule has 1 saturated heterocycles. The average Bonchev–Trinajstić information content (AvgIpc) is 1.65. The van der Waals surface area contributed by atoms with Gasteiger partial charge < -0.3 is 99.8 Å². The molecule has 4 atom stereocenters. The summed E-state index contributed by atoms with van der Waals surface area (Å²) in [5, 5.41) is 82.3. The molecule has 0 radical (unpaired) electrons.